The number of aryl methyl sites for hydroxylation is 1. The lowest BCUT2D eigenvalue weighted by Crippen LogP contribution is -2.42. The average molecular weight is 398 g/mol. The third kappa shape index (κ3) is 4.99. The zero-order valence-electron chi connectivity index (χ0n) is 16.1. The van der Waals surface area contributed by atoms with Crippen LogP contribution in [-0.4, -0.2) is 28.9 Å². The molecule has 0 saturated carbocycles. The van der Waals surface area contributed by atoms with E-state index in [1.807, 2.05) is 18.2 Å². The van der Waals surface area contributed by atoms with Crippen molar-refractivity contribution in [1.29, 1.82) is 0 Å². The summed E-state index contributed by atoms with van der Waals surface area (Å²) in [6.07, 6.45) is 3.08. The van der Waals surface area contributed by atoms with Crippen LogP contribution in [-0.2, 0) is 16.0 Å². The first-order valence-corrected chi connectivity index (χ1v) is 9.53. The Balaban J connectivity index is 1.75. The fraction of sp³-hybridized carbons (Fsp3) is 0.318. The summed E-state index contributed by atoms with van der Waals surface area (Å²) in [5, 5.41) is 14.5. The van der Waals surface area contributed by atoms with Crippen molar-refractivity contribution in [3.8, 4) is 0 Å². The Kier molecular flexibility index (Phi) is 6.26. The highest BCUT2D eigenvalue weighted by Crippen LogP contribution is 2.34. The van der Waals surface area contributed by atoms with Crippen LogP contribution in [0.5, 0.6) is 0 Å². The Morgan fingerprint density at radius 1 is 1.21 bits per heavy atom. The zero-order valence-corrected chi connectivity index (χ0v) is 16.1. The predicted molar refractivity (Wildman–Crippen MR) is 106 cm³/mol. The second kappa shape index (κ2) is 8.86. The summed E-state index contributed by atoms with van der Waals surface area (Å²) in [4.78, 5) is 35.6. The molecular formula is C22H23FN2O4. The van der Waals surface area contributed by atoms with Crippen molar-refractivity contribution in [2.75, 3.05) is 5.32 Å². The summed E-state index contributed by atoms with van der Waals surface area (Å²) in [6, 6.07) is 10.4. The van der Waals surface area contributed by atoms with Crippen LogP contribution in [0.25, 0.3) is 0 Å². The predicted octanol–water partition coefficient (Wildman–Crippen LogP) is 3.48. The molecule has 0 bridgehead atoms. The van der Waals surface area contributed by atoms with Gasteiger partial charge < -0.3 is 15.7 Å². The van der Waals surface area contributed by atoms with Crippen LogP contribution >= 0.6 is 0 Å². The van der Waals surface area contributed by atoms with Crippen molar-refractivity contribution >= 4 is 23.5 Å². The number of aliphatic carboxylic acids is 1. The summed E-state index contributed by atoms with van der Waals surface area (Å²) in [7, 11) is 0. The topological polar surface area (TPSA) is 95.5 Å². The molecule has 6 nitrogen and oxygen atoms in total. The highest BCUT2D eigenvalue weighted by atomic mass is 19.1. The van der Waals surface area contributed by atoms with E-state index in [0.717, 1.165) is 30.9 Å². The molecule has 0 aliphatic heterocycles. The maximum atomic E-state index is 13.8. The Bertz CT molecular complexity index is 944. The molecule has 0 fully saturated rings. The number of carboxylic acids is 1. The molecule has 2 amide bonds. The highest BCUT2D eigenvalue weighted by Gasteiger charge is 2.28. The molecule has 2 aromatic rings. The largest absolute Gasteiger partial charge is 0.480 e. The standard InChI is InChI=1S/C22H23FN2O4/c1-13(26)24-19-12-16(9-10-18(19)23)21(27)25-20(22(28)29)11-15-7-4-6-14-5-2-3-8-17(14)15/h2-3,5,8-10,12,15,20H,4,6-7,11H2,1H3,(H,24,26)(H,25,27)(H,28,29). The van der Waals surface area contributed by atoms with Gasteiger partial charge in [0.25, 0.3) is 5.91 Å². The minimum absolute atomic E-state index is 0.0458. The first kappa shape index (κ1) is 20.5. The number of nitrogens with one attached hydrogen (secondary N) is 2. The van der Waals surface area contributed by atoms with E-state index in [1.54, 1.807) is 0 Å². The van der Waals surface area contributed by atoms with Gasteiger partial charge in [-0.05, 0) is 60.9 Å². The van der Waals surface area contributed by atoms with Crippen molar-refractivity contribution in [2.45, 2.75) is 44.6 Å². The second-order valence-electron chi connectivity index (χ2n) is 7.26. The number of halogens is 1. The molecule has 1 aliphatic carbocycles. The van der Waals surface area contributed by atoms with Crippen molar-refractivity contribution in [2.24, 2.45) is 0 Å². The fourth-order valence-electron chi connectivity index (χ4n) is 3.80. The average Bonchev–Trinajstić information content (AvgIpc) is 2.68. The van der Waals surface area contributed by atoms with Crippen LogP contribution in [0.15, 0.2) is 42.5 Å². The van der Waals surface area contributed by atoms with E-state index in [9.17, 15) is 23.9 Å². The SMILES string of the molecule is CC(=O)Nc1cc(C(=O)NC(CC2CCCc3ccccc32)C(=O)O)ccc1F. The van der Waals surface area contributed by atoms with E-state index in [1.165, 1.54) is 24.6 Å². The Morgan fingerprint density at radius 2 is 1.97 bits per heavy atom. The van der Waals surface area contributed by atoms with Gasteiger partial charge in [0, 0.05) is 12.5 Å². The van der Waals surface area contributed by atoms with E-state index < -0.39 is 29.6 Å². The first-order chi connectivity index (χ1) is 13.8. The van der Waals surface area contributed by atoms with Crippen molar-refractivity contribution < 1.29 is 23.9 Å². The molecule has 3 rings (SSSR count). The Morgan fingerprint density at radius 3 is 2.69 bits per heavy atom. The number of benzene rings is 2. The van der Waals surface area contributed by atoms with E-state index in [0.29, 0.717) is 0 Å². The molecule has 29 heavy (non-hydrogen) atoms. The zero-order chi connectivity index (χ0) is 21.0. The number of carbonyl (C=O) groups excluding carboxylic acids is 2. The highest BCUT2D eigenvalue weighted by molar-refractivity contribution is 5.98. The number of anilines is 1. The van der Waals surface area contributed by atoms with Crippen LogP contribution in [0, 0.1) is 5.82 Å². The summed E-state index contributed by atoms with van der Waals surface area (Å²) < 4.78 is 13.8. The second-order valence-corrected chi connectivity index (χ2v) is 7.26. The molecule has 152 valence electrons. The minimum Gasteiger partial charge on any atom is -0.480 e. The lowest BCUT2D eigenvalue weighted by molar-refractivity contribution is -0.139. The van der Waals surface area contributed by atoms with Crippen LogP contribution in [0.1, 0.15) is 53.6 Å². The molecule has 2 unspecified atom stereocenters. The van der Waals surface area contributed by atoms with Crippen LogP contribution in [0.4, 0.5) is 10.1 Å². The van der Waals surface area contributed by atoms with E-state index >= 15 is 0 Å². The molecule has 2 atom stereocenters. The molecule has 0 radical (unpaired) electrons. The van der Waals surface area contributed by atoms with Gasteiger partial charge in [-0.2, -0.15) is 0 Å². The molecule has 3 N–H and O–H groups in total. The summed E-state index contributed by atoms with van der Waals surface area (Å²) in [5.41, 5.74) is 2.30. The number of hydrogen-bond acceptors (Lipinski definition) is 3. The number of hydrogen-bond donors (Lipinski definition) is 3. The normalized spacial score (nSPS) is 16.4. The summed E-state index contributed by atoms with van der Waals surface area (Å²) >= 11 is 0. The van der Waals surface area contributed by atoms with Crippen LogP contribution in [0.3, 0.4) is 0 Å². The molecular weight excluding hydrogens is 375 g/mol. The van der Waals surface area contributed by atoms with Crippen molar-refractivity contribution in [3.05, 3.63) is 65.0 Å². The number of amides is 2. The number of carboxylic acid groups (broad SMARTS) is 1. The van der Waals surface area contributed by atoms with Gasteiger partial charge in [0.2, 0.25) is 5.91 Å². The third-order valence-corrected chi connectivity index (χ3v) is 5.16. The lowest BCUT2D eigenvalue weighted by atomic mass is 9.79. The van der Waals surface area contributed by atoms with Gasteiger partial charge in [-0.3, -0.25) is 9.59 Å². The number of rotatable bonds is 6. The van der Waals surface area contributed by atoms with Gasteiger partial charge in [0.1, 0.15) is 11.9 Å². The maximum absolute atomic E-state index is 13.8. The minimum atomic E-state index is -1.12. The maximum Gasteiger partial charge on any atom is 0.326 e. The Hall–Kier alpha value is -3.22. The number of fused-ring (bicyclic) bond motifs is 1. The van der Waals surface area contributed by atoms with Gasteiger partial charge in [0.15, 0.2) is 0 Å². The Labute approximate surface area is 168 Å². The third-order valence-electron chi connectivity index (χ3n) is 5.16. The molecule has 2 aromatic carbocycles. The van der Waals surface area contributed by atoms with Gasteiger partial charge in [-0.15, -0.1) is 0 Å². The molecule has 0 saturated heterocycles. The monoisotopic (exact) mass is 398 g/mol. The van der Waals surface area contributed by atoms with Gasteiger partial charge >= 0.3 is 5.97 Å². The summed E-state index contributed by atoms with van der Waals surface area (Å²) in [6.45, 7) is 1.23. The first-order valence-electron chi connectivity index (χ1n) is 9.53. The fourth-order valence-corrected chi connectivity index (χ4v) is 3.80. The molecule has 0 spiro atoms. The number of carbonyl (C=O) groups is 3. The molecule has 7 heteroatoms. The van der Waals surface area contributed by atoms with Crippen LogP contribution < -0.4 is 10.6 Å². The van der Waals surface area contributed by atoms with E-state index in [4.69, 9.17) is 0 Å². The lowest BCUT2D eigenvalue weighted by Gasteiger charge is -2.28. The molecule has 0 aromatic heterocycles. The van der Waals surface area contributed by atoms with E-state index in [-0.39, 0.29) is 23.6 Å². The smallest absolute Gasteiger partial charge is 0.326 e. The van der Waals surface area contributed by atoms with Gasteiger partial charge in [0.05, 0.1) is 5.69 Å². The summed E-state index contributed by atoms with van der Waals surface area (Å²) in [5.74, 6) is -2.85. The van der Waals surface area contributed by atoms with Gasteiger partial charge in [-0.25, -0.2) is 9.18 Å². The molecule has 0 heterocycles. The quantitative estimate of drug-likeness (QED) is 0.694. The van der Waals surface area contributed by atoms with Gasteiger partial charge in [-0.1, -0.05) is 24.3 Å². The van der Waals surface area contributed by atoms with Crippen LogP contribution in [0.2, 0.25) is 0 Å². The molecule has 1 aliphatic rings. The van der Waals surface area contributed by atoms with Crippen molar-refractivity contribution in [1.82, 2.24) is 5.32 Å². The van der Waals surface area contributed by atoms with Crippen molar-refractivity contribution in [3.63, 3.8) is 0 Å². The van der Waals surface area contributed by atoms with E-state index in [2.05, 4.69) is 16.7 Å².